The Morgan fingerprint density at radius 3 is 1.86 bits per heavy atom. The van der Waals surface area contributed by atoms with Crippen molar-refractivity contribution >= 4 is 5.82 Å². The second-order valence-corrected chi connectivity index (χ2v) is 6.94. The van der Waals surface area contributed by atoms with E-state index in [2.05, 4.69) is 4.98 Å². The van der Waals surface area contributed by atoms with Crippen LogP contribution < -0.4 is 5.73 Å². The van der Waals surface area contributed by atoms with Gasteiger partial charge in [-0.25, -0.2) is 4.98 Å². The van der Waals surface area contributed by atoms with Crippen LogP contribution in [0.3, 0.4) is 0 Å². The standard InChI is InChI=1S/C18H29N3/c19-18-17(15-11-7-3-4-8-12-15)21-16(13-20-18)14-9-5-1-2-6-10-14/h13-15H,1-12H2,(H2,19,20). The molecule has 0 spiro atoms. The van der Waals surface area contributed by atoms with Gasteiger partial charge in [-0.1, -0.05) is 51.4 Å². The number of anilines is 1. The van der Waals surface area contributed by atoms with Crippen LogP contribution in [0.1, 0.15) is 100 Å². The Morgan fingerprint density at radius 1 is 0.762 bits per heavy atom. The fraction of sp³-hybridized carbons (Fsp3) is 0.778. The monoisotopic (exact) mass is 287 g/mol. The van der Waals surface area contributed by atoms with Gasteiger partial charge in [-0.15, -0.1) is 0 Å². The third kappa shape index (κ3) is 3.75. The van der Waals surface area contributed by atoms with Crippen LogP contribution in [0.4, 0.5) is 5.82 Å². The van der Waals surface area contributed by atoms with Crippen molar-refractivity contribution in [3.05, 3.63) is 17.6 Å². The molecular weight excluding hydrogens is 258 g/mol. The molecule has 1 heterocycles. The molecule has 2 fully saturated rings. The summed E-state index contributed by atoms with van der Waals surface area (Å²) in [6.45, 7) is 0. The summed E-state index contributed by atoms with van der Waals surface area (Å²) >= 11 is 0. The van der Waals surface area contributed by atoms with Crippen LogP contribution in [0.5, 0.6) is 0 Å². The number of nitrogens with zero attached hydrogens (tertiary/aromatic N) is 2. The summed E-state index contributed by atoms with van der Waals surface area (Å²) in [5, 5.41) is 0. The maximum absolute atomic E-state index is 6.16. The van der Waals surface area contributed by atoms with Crippen molar-refractivity contribution in [3.63, 3.8) is 0 Å². The highest BCUT2D eigenvalue weighted by molar-refractivity contribution is 5.37. The van der Waals surface area contributed by atoms with Crippen molar-refractivity contribution in [2.24, 2.45) is 0 Å². The van der Waals surface area contributed by atoms with E-state index >= 15 is 0 Å². The van der Waals surface area contributed by atoms with Gasteiger partial charge in [-0.3, -0.25) is 4.98 Å². The molecule has 0 aliphatic heterocycles. The highest BCUT2D eigenvalue weighted by Crippen LogP contribution is 2.35. The summed E-state index contributed by atoms with van der Waals surface area (Å²) in [6, 6.07) is 0. The van der Waals surface area contributed by atoms with Gasteiger partial charge < -0.3 is 5.73 Å². The van der Waals surface area contributed by atoms with Gasteiger partial charge in [0.2, 0.25) is 0 Å². The Balaban J connectivity index is 1.81. The molecule has 0 bridgehead atoms. The van der Waals surface area contributed by atoms with Crippen LogP contribution in [0.15, 0.2) is 6.20 Å². The third-order valence-corrected chi connectivity index (χ3v) is 5.36. The Hall–Kier alpha value is -1.12. The van der Waals surface area contributed by atoms with Crippen molar-refractivity contribution in [3.8, 4) is 0 Å². The molecule has 0 unspecified atom stereocenters. The fourth-order valence-electron chi connectivity index (χ4n) is 4.05. The number of hydrogen-bond acceptors (Lipinski definition) is 3. The van der Waals surface area contributed by atoms with Crippen LogP contribution >= 0.6 is 0 Å². The lowest BCUT2D eigenvalue weighted by molar-refractivity contribution is 0.547. The minimum atomic E-state index is 0.547. The first-order chi connectivity index (χ1) is 10.3. The zero-order valence-corrected chi connectivity index (χ0v) is 13.2. The molecule has 0 amide bonds. The Morgan fingerprint density at radius 2 is 1.29 bits per heavy atom. The second-order valence-electron chi connectivity index (χ2n) is 6.94. The van der Waals surface area contributed by atoms with E-state index in [0.29, 0.717) is 17.7 Å². The SMILES string of the molecule is Nc1ncc(C2CCCCCC2)nc1C1CCCCCC1. The number of aromatic nitrogens is 2. The second kappa shape index (κ2) is 7.24. The minimum absolute atomic E-state index is 0.547. The van der Waals surface area contributed by atoms with E-state index in [0.717, 1.165) is 5.69 Å². The summed E-state index contributed by atoms with van der Waals surface area (Å²) in [5.74, 6) is 1.84. The van der Waals surface area contributed by atoms with E-state index in [1.807, 2.05) is 6.20 Å². The van der Waals surface area contributed by atoms with E-state index in [1.165, 1.54) is 82.7 Å². The minimum Gasteiger partial charge on any atom is -0.382 e. The van der Waals surface area contributed by atoms with Crippen LogP contribution in [0.25, 0.3) is 0 Å². The first-order valence-corrected chi connectivity index (χ1v) is 8.97. The molecule has 0 radical (unpaired) electrons. The Labute approximate surface area is 128 Å². The molecule has 0 atom stereocenters. The maximum Gasteiger partial charge on any atom is 0.145 e. The number of hydrogen-bond donors (Lipinski definition) is 1. The number of rotatable bonds is 2. The summed E-state index contributed by atoms with van der Waals surface area (Å²) in [6.07, 6.45) is 17.8. The van der Waals surface area contributed by atoms with Crippen molar-refractivity contribution in [2.45, 2.75) is 88.9 Å². The molecule has 2 aliphatic carbocycles. The third-order valence-electron chi connectivity index (χ3n) is 5.36. The zero-order chi connectivity index (χ0) is 14.5. The summed E-state index contributed by atoms with van der Waals surface area (Å²) in [5.41, 5.74) is 8.48. The average molecular weight is 287 g/mol. The Kier molecular flexibility index (Phi) is 5.10. The normalized spacial score (nSPS) is 22.7. The van der Waals surface area contributed by atoms with Gasteiger partial charge in [0, 0.05) is 11.8 Å². The van der Waals surface area contributed by atoms with E-state index in [4.69, 9.17) is 10.7 Å². The first kappa shape index (κ1) is 14.8. The predicted octanol–water partition coefficient (Wildman–Crippen LogP) is 4.93. The van der Waals surface area contributed by atoms with Gasteiger partial charge in [0.1, 0.15) is 5.82 Å². The fourth-order valence-corrected chi connectivity index (χ4v) is 4.05. The van der Waals surface area contributed by atoms with E-state index in [-0.39, 0.29) is 0 Å². The number of nitrogens with two attached hydrogens (primary N) is 1. The van der Waals surface area contributed by atoms with E-state index < -0.39 is 0 Å². The molecule has 21 heavy (non-hydrogen) atoms. The molecule has 2 saturated carbocycles. The topological polar surface area (TPSA) is 51.8 Å². The highest BCUT2D eigenvalue weighted by Gasteiger charge is 2.22. The van der Waals surface area contributed by atoms with Crippen molar-refractivity contribution < 1.29 is 0 Å². The van der Waals surface area contributed by atoms with Crippen molar-refractivity contribution in [2.75, 3.05) is 5.73 Å². The van der Waals surface area contributed by atoms with Crippen molar-refractivity contribution in [1.29, 1.82) is 0 Å². The molecule has 0 aromatic carbocycles. The highest BCUT2D eigenvalue weighted by atomic mass is 14.9. The van der Waals surface area contributed by atoms with Crippen molar-refractivity contribution in [1.82, 2.24) is 9.97 Å². The molecule has 3 nitrogen and oxygen atoms in total. The van der Waals surface area contributed by atoms with Gasteiger partial charge in [0.25, 0.3) is 0 Å². The van der Waals surface area contributed by atoms with Crippen LogP contribution in [-0.2, 0) is 0 Å². The molecule has 1 aromatic heterocycles. The van der Waals surface area contributed by atoms with E-state index in [1.54, 1.807) is 0 Å². The van der Waals surface area contributed by atoms with Gasteiger partial charge in [-0.2, -0.15) is 0 Å². The summed E-state index contributed by atoms with van der Waals surface area (Å²) in [4.78, 5) is 9.52. The van der Waals surface area contributed by atoms with Crippen LogP contribution in [0, 0.1) is 0 Å². The smallest absolute Gasteiger partial charge is 0.145 e. The summed E-state index contributed by atoms with van der Waals surface area (Å²) in [7, 11) is 0. The molecule has 3 rings (SSSR count). The van der Waals surface area contributed by atoms with Gasteiger partial charge in [0.15, 0.2) is 0 Å². The quantitative estimate of drug-likeness (QED) is 0.784. The van der Waals surface area contributed by atoms with E-state index in [9.17, 15) is 0 Å². The van der Waals surface area contributed by atoms with Gasteiger partial charge in [0.05, 0.1) is 17.6 Å². The molecule has 2 N–H and O–H groups in total. The average Bonchev–Trinajstić information content (AvgIpc) is 2.92. The lowest BCUT2D eigenvalue weighted by atomic mass is 9.94. The van der Waals surface area contributed by atoms with Crippen LogP contribution in [0.2, 0.25) is 0 Å². The largest absolute Gasteiger partial charge is 0.382 e. The molecular formula is C18H29N3. The lowest BCUT2D eigenvalue weighted by Gasteiger charge is -2.19. The molecule has 0 saturated heterocycles. The number of nitrogen functional groups attached to an aromatic ring is 1. The molecule has 2 aliphatic rings. The van der Waals surface area contributed by atoms with Crippen LogP contribution in [-0.4, -0.2) is 9.97 Å². The molecule has 3 heteroatoms. The molecule has 1 aromatic rings. The van der Waals surface area contributed by atoms with Gasteiger partial charge in [-0.05, 0) is 25.7 Å². The maximum atomic E-state index is 6.16. The first-order valence-electron chi connectivity index (χ1n) is 8.97. The summed E-state index contributed by atoms with van der Waals surface area (Å²) < 4.78 is 0. The van der Waals surface area contributed by atoms with Gasteiger partial charge >= 0.3 is 0 Å². The zero-order valence-electron chi connectivity index (χ0n) is 13.2. The lowest BCUT2D eigenvalue weighted by Crippen LogP contribution is -2.11. The Bertz CT molecular complexity index is 442. The predicted molar refractivity (Wildman–Crippen MR) is 87.3 cm³/mol. The molecule has 116 valence electrons.